The van der Waals surface area contributed by atoms with Crippen molar-refractivity contribution in [1.29, 1.82) is 0 Å². The lowest BCUT2D eigenvalue weighted by atomic mass is 9.74. The molecule has 1 aliphatic carbocycles. The Morgan fingerprint density at radius 3 is 2.47 bits per heavy atom. The van der Waals surface area contributed by atoms with Gasteiger partial charge in [0.05, 0.1) is 10.7 Å². The van der Waals surface area contributed by atoms with Crippen molar-refractivity contribution in [3.8, 4) is 0 Å². The Balaban J connectivity index is 2.15. The molecule has 17 heavy (non-hydrogen) atoms. The molecule has 0 saturated heterocycles. The average Bonchev–Trinajstić information content (AvgIpc) is 2.98. The third-order valence-electron chi connectivity index (χ3n) is 3.95. The Hall–Kier alpha value is 0.590. The zero-order chi connectivity index (χ0) is 12.3. The van der Waals surface area contributed by atoms with Gasteiger partial charge < -0.3 is 0 Å². The van der Waals surface area contributed by atoms with E-state index in [-0.39, 0.29) is 0 Å². The van der Waals surface area contributed by atoms with Crippen LogP contribution in [0.4, 0.5) is 0 Å². The zero-order valence-electron chi connectivity index (χ0n) is 10.2. The van der Waals surface area contributed by atoms with Gasteiger partial charge in [-0.15, -0.1) is 11.3 Å². The van der Waals surface area contributed by atoms with E-state index in [0.29, 0.717) is 5.41 Å². The van der Waals surface area contributed by atoms with Gasteiger partial charge in [0, 0.05) is 16.0 Å². The lowest BCUT2D eigenvalue weighted by molar-refractivity contribution is 0.231. The number of nitrogens with zero attached hydrogens (tertiary/aromatic N) is 1. The van der Waals surface area contributed by atoms with Crippen LogP contribution in [0.5, 0.6) is 0 Å². The van der Waals surface area contributed by atoms with Crippen molar-refractivity contribution in [2.75, 3.05) is 10.7 Å². The molecule has 0 spiro atoms. The maximum absolute atomic E-state index is 4.64. The van der Waals surface area contributed by atoms with Crippen LogP contribution in [0.1, 0.15) is 36.4 Å². The van der Waals surface area contributed by atoms with E-state index in [4.69, 9.17) is 0 Å². The van der Waals surface area contributed by atoms with Crippen LogP contribution in [0.3, 0.4) is 0 Å². The predicted octanol–water partition coefficient (Wildman–Crippen LogP) is 4.96. The third-order valence-corrected chi connectivity index (χ3v) is 7.01. The maximum Gasteiger partial charge on any atom is 0.0897 e. The molecular formula is C13H19Br2NS. The van der Waals surface area contributed by atoms with E-state index < -0.39 is 0 Å². The summed E-state index contributed by atoms with van der Waals surface area (Å²) in [5.74, 6) is 0.850. The summed E-state index contributed by atoms with van der Waals surface area (Å²) >= 11 is 9.27. The largest absolute Gasteiger partial charge is 0.247 e. The van der Waals surface area contributed by atoms with Gasteiger partial charge in [-0.25, -0.2) is 4.98 Å². The highest BCUT2D eigenvalue weighted by Gasteiger charge is 2.39. The highest BCUT2D eigenvalue weighted by Crippen LogP contribution is 2.44. The van der Waals surface area contributed by atoms with Gasteiger partial charge in [0.15, 0.2) is 0 Å². The third kappa shape index (κ3) is 3.13. The summed E-state index contributed by atoms with van der Waals surface area (Å²) in [5.41, 5.74) is 1.63. The molecule has 0 aliphatic heterocycles. The Bertz CT molecular complexity index is 354. The Morgan fingerprint density at radius 2 is 2.00 bits per heavy atom. The number of thiazole rings is 1. The molecule has 0 amide bonds. The normalized spacial score (nSPS) is 17.8. The molecule has 1 nitrogen and oxygen atoms in total. The summed E-state index contributed by atoms with van der Waals surface area (Å²) in [4.78, 5) is 4.64. The van der Waals surface area contributed by atoms with Crippen LogP contribution in [0, 0.1) is 18.3 Å². The Kier molecular flexibility index (Phi) is 5.07. The molecule has 1 fully saturated rings. The minimum absolute atomic E-state index is 0.358. The van der Waals surface area contributed by atoms with Crippen LogP contribution >= 0.6 is 43.2 Å². The number of halogens is 2. The molecule has 0 atom stereocenters. The van der Waals surface area contributed by atoms with Gasteiger partial charge in [-0.05, 0) is 37.5 Å². The first kappa shape index (κ1) is 14.0. The smallest absolute Gasteiger partial charge is 0.0897 e. The summed E-state index contributed by atoms with van der Waals surface area (Å²) in [6.45, 7) is 2.09. The molecule has 1 heterocycles. The van der Waals surface area contributed by atoms with Gasteiger partial charge >= 0.3 is 0 Å². The summed E-state index contributed by atoms with van der Waals surface area (Å²) in [5, 5.41) is 5.56. The number of hydrogen-bond acceptors (Lipinski definition) is 2. The van der Waals surface area contributed by atoms with E-state index in [2.05, 4.69) is 49.1 Å². The highest BCUT2D eigenvalue weighted by atomic mass is 79.9. The molecule has 0 aromatic carbocycles. The van der Waals surface area contributed by atoms with Crippen molar-refractivity contribution < 1.29 is 0 Å². The Labute approximate surface area is 125 Å². The molecule has 2 rings (SSSR count). The minimum Gasteiger partial charge on any atom is -0.247 e. The number of aryl methyl sites for hydroxylation is 1. The maximum atomic E-state index is 4.64. The number of alkyl halides is 2. The topological polar surface area (TPSA) is 12.9 Å². The van der Waals surface area contributed by atoms with Crippen LogP contribution in [0.15, 0.2) is 5.38 Å². The molecule has 4 heteroatoms. The van der Waals surface area contributed by atoms with Crippen molar-refractivity contribution >= 4 is 43.2 Å². The predicted molar refractivity (Wildman–Crippen MR) is 82.5 cm³/mol. The standard InChI is InChI=1S/C13H19Br2NS/c1-10-16-12(7-17-10)6-13(8-14,9-15)11-4-2-3-5-11/h7,11H,2-6,8-9H2,1H3. The quantitative estimate of drug-likeness (QED) is 0.657. The molecule has 1 saturated carbocycles. The van der Waals surface area contributed by atoms with Crippen molar-refractivity contribution in [3.05, 3.63) is 16.1 Å². The first-order valence-electron chi connectivity index (χ1n) is 6.23. The fourth-order valence-corrected chi connectivity index (χ4v) is 5.73. The second-order valence-electron chi connectivity index (χ2n) is 5.15. The molecule has 0 unspecified atom stereocenters. The SMILES string of the molecule is Cc1nc(CC(CBr)(CBr)C2CCCC2)cs1. The summed E-state index contributed by atoms with van der Waals surface area (Å²) in [6.07, 6.45) is 6.70. The van der Waals surface area contributed by atoms with E-state index in [9.17, 15) is 0 Å². The van der Waals surface area contributed by atoms with Gasteiger partial charge in [0.2, 0.25) is 0 Å². The summed E-state index contributed by atoms with van der Waals surface area (Å²) < 4.78 is 0. The number of aromatic nitrogens is 1. The highest BCUT2D eigenvalue weighted by molar-refractivity contribution is 9.09. The average molecular weight is 381 g/mol. The molecule has 0 N–H and O–H groups in total. The second-order valence-corrected chi connectivity index (χ2v) is 7.33. The van der Waals surface area contributed by atoms with Gasteiger partial charge in [-0.3, -0.25) is 0 Å². The number of hydrogen-bond donors (Lipinski definition) is 0. The Morgan fingerprint density at radius 1 is 1.35 bits per heavy atom. The minimum atomic E-state index is 0.358. The van der Waals surface area contributed by atoms with E-state index in [1.165, 1.54) is 36.4 Å². The monoisotopic (exact) mass is 379 g/mol. The van der Waals surface area contributed by atoms with Crippen molar-refractivity contribution in [2.45, 2.75) is 39.0 Å². The fraction of sp³-hybridized carbons (Fsp3) is 0.769. The van der Waals surface area contributed by atoms with Crippen LogP contribution in [0.25, 0.3) is 0 Å². The molecule has 1 aromatic rings. The lowest BCUT2D eigenvalue weighted by Crippen LogP contribution is -2.35. The molecule has 96 valence electrons. The summed E-state index contributed by atoms with van der Waals surface area (Å²) in [6, 6.07) is 0. The van der Waals surface area contributed by atoms with Gasteiger partial charge in [-0.1, -0.05) is 44.7 Å². The summed E-state index contributed by atoms with van der Waals surface area (Å²) in [7, 11) is 0. The van der Waals surface area contributed by atoms with Crippen molar-refractivity contribution in [3.63, 3.8) is 0 Å². The van der Waals surface area contributed by atoms with E-state index >= 15 is 0 Å². The molecular weight excluding hydrogens is 362 g/mol. The van der Waals surface area contributed by atoms with Crippen LogP contribution in [0.2, 0.25) is 0 Å². The fourth-order valence-electron chi connectivity index (χ4n) is 2.88. The molecule has 0 radical (unpaired) electrons. The van der Waals surface area contributed by atoms with Crippen LogP contribution in [-0.2, 0) is 6.42 Å². The number of rotatable bonds is 5. The van der Waals surface area contributed by atoms with Gasteiger partial charge in [0.25, 0.3) is 0 Å². The van der Waals surface area contributed by atoms with Gasteiger partial charge in [0.1, 0.15) is 0 Å². The van der Waals surface area contributed by atoms with Gasteiger partial charge in [-0.2, -0.15) is 0 Å². The van der Waals surface area contributed by atoms with Crippen LogP contribution in [-0.4, -0.2) is 15.6 Å². The van der Waals surface area contributed by atoms with E-state index in [1.54, 1.807) is 11.3 Å². The van der Waals surface area contributed by atoms with Crippen molar-refractivity contribution in [1.82, 2.24) is 4.98 Å². The second kappa shape index (κ2) is 6.16. The molecule has 0 bridgehead atoms. The van der Waals surface area contributed by atoms with Crippen molar-refractivity contribution in [2.24, 2.45) is 11.3 Å². The van der Waals surface area contributed by atoms with Crippen LogP contribution < -0.4 is 0 Å². The first-order chi connectivity index (χ1) is 8.20. The van der Waals surface area contributed by atoms with E-state index in [0.717, 1.165) is 23.0 Å². The lowest BCUT2D eigenvalue weighted by Gasteiger charge is -2.36. The zero-order valence-corrected chi connectivity index (χ0v) is 14.2. The molecule has 1 aliphatic rings. The molecule has 1 aromatic heterocycles. The first-order valence-corrected chi connectivity index (χ1v) is 9.35. The van der Waals surface area contributed by atoms with E-state index in [1.807, 2.05) is 0 Å².